The molecule has 0 saturated heterocycles. The van der Waals surface area contributed by atoms with Crippen LogP contribution in [0.4, 0.5) is 11.4 Å². The lowest BCUT2D eigenvalue weighted by Gasteiger charge is -2.10. The van der Waals surface area contributed by atoms with Gasteiger partial charge in [0, 0.05) is 15.8 Å². The Morgan fingerprint density at radius 3 is 2.27 bits per heavy atom. The van der Waals surface area contributed by atoms with Gasteiger partial charge in [-0.2, -0.15) is 0 Å². The van der Waals surface area contributed by atoms with Gasteiger partial charge in [-0.3, -0.25) is 9.52 Å². The van der Waals surface area contributed by atoms with Gasteiger partial charge in [0.15, 0.2) is 0 Å². The van der Waals surface area contributed by atoms with Crippen LogP contribution >= 0.6 is 27.5 Å². The van der Waals surface area contributed by atoms with E-state index in [1.165, 1.54) is 18.2 Å². The van der Waals surface area contributed by atoms with Crippen LogP contribution in [0.15, 0.2) is 46.9 Å². The van der Waals surface area contributed by atoms with Crippen LogP contribution in [-0.4, -0.2) is 20.6 Å². The van der Waals surface area contributed by atoms with Crippen LogP contribution in [-0.2, 0) is 10.0 Å². The Morgan fingerprint density at radius 1 is 1.09 bits per heavy atom. The predicted molar refractivity (Wildman–Crippen MR) is 92.0 cm³/mol. The van der Waals surface area contributed by atoms with Crippen molar-refractivity contribution in [2.45, 2.75) is 0 Å². The molecule has 2 N–H and O–H groups in total. The summed E-state index contributed by atoms with van der Waals surface area (Å²) in [4.78, 5) is 12.3. The second-order valence-electron chi connectivity index (χ2n) is 4.53. The molecule has 0 fully saturated rings. The number of carbonyl (C=O) groups excluding carboxylic acids is 1. The van der Waals surface area contributed by atoms with Gasteiger partial charge in [0.25, 0.3) is 5.91 Å². The Balaban J connectivity index is 2.25. The fourth-order valence-electron chi connectivity index (χ4n) is 1.71. The van der Waals surface area contributed by atoms with E-state index in [1.807, 2.05) is 0 Å². The van der Waals surface area contributed by atoms with E-state index < -0.39 is 15.9 Å². The van der Waals surface area contributed by atoms with E-state index in [4.69, 9.17) is 11.6 Å². The molecular formula is C14H12BrClN2O3S. The van der Waals surface area contributed by atoms with Gasteiger partial charge in [-0.25, -0.2) is 8.42 Å². The summed E-state index contributed by atoms with van der Waals surface area (Å²) in [7, 11) is -3.43. The highest BCUT2D eigenvalue weighted by atomic mass is 79.9. The van der Waals surface area contributed by atoms with Gasteiger partial charge in [-0.15, -0.1) is 0 Å². The molecule has 1 amide bonds. The third-order valence-electron chi connectivity index (χ3n) is 2.62. The average molecular weight is 404 g/mol. The highest BCUT2D eigenvalue weighted by Crippen LogP contribution is 2.23. The monoisotopic (exact) mass is 402 g/mol. The molecular weight excluding hydrogens is 392 g/mol. The SMILES string of the molecule is CS(=O)(=O)Nc1ccc(Cl)c(C(=O)Nc2ccc(Br)cc2)c1. The molecule has 0 spiro atoms. The zero-order valence-corrected chi connectivity index (χ0v) is 14.6. The Morgan fingerprint density at radius 2 is 1.68 bits per heavy atom. The average Bonchev–Trinajstić information content (AvgIpc) is 2.42. The van der Waals surface area contributed by atoms with Crippen LogP contribution in [0.2, 0.25) is 5.02 Å². The van der Waals surface area contributed by atoms with E-state index in [-0.39, 0.29) is 16.3 Å². The molecule has 0 aromatic heterocycles. The van der Waals surface area contributed by atoms with Crippen LogP contribution in [0.3, 0.4) is 0 Å². The number of hydrogen-bond acceptors (Lipinski definition) is 3. The highest BCUT2D eigenvalue weighted by Gasteiger charge is 2.13. The summed E-state index contributed by atoms with van der Waals surface area (Å²) >= 11 is 9.31. The number of sulfonamides is 1. The molecule has 5 nitrogen and oxygen atoms in total. The van der Waals surface area contributed by atoms with E-state index in [2.05, 4.69) is 26.0 Å². The number of anilines is 2. The summed E-state index contributed by atoms with van der Waals surface area (Å²) in [6.07, 6.45) is 1.03. The largest absolute Gasteiger partial charge is 0.322 e. The maximum Gasteiger partial charge on any atom is 0.257 e. The lowest BCUT2D eigenvalue weighted by atomic mass is 10.2. The smallest absolute Gasteiger partial charge is 0.257 e. The minimum Gasteiger partial charge on any atom is -0.322 e. The van der Waals surface area contributed by atoms with E-state index in [0.29, 0.717) is 5.69 Å². The van der Waals surface area contributed by atoms with E-state index in [0.717, 1.165) is 10.7 Å². The molecule has 0 aliphatic carbocycles. The van der Waals surface area contributed by atoms with Crippen molar-refractivity contribution in [3.8, 4) is 0 Å². The second-order valence-corrected chi connectivity index (χ2v) is 7.60. The fourth-order valence-corrected chi connectivity index (χ4v) is 2.73. The Labute approximate surface area is 141 Å². The zero-order chi connectivity index (χ0) is 16.3. The normalized spacial score (nSPS) is 11.0. The van der Waals surface area contributed by atoms with Gasteiger partial charge in [-0.05, 0) is 42.5 Å². The van der Waals surface area contributed by atoms with Crippen molar-refractivity contribution in [2.24, 2.45) is 0 Å². The van der Waals surface area contributed by atoms with Crippen molar-refractivity contribution in [1.82, 2.24) is 0 Å². The predicted octanol–water partition coefficient (Wildman–Crippen LogP) is 3.73. The first-order chi connectivity index (χ1) is 10.2. The zero-order valence-electron chi connectivity index (χ0n) is 11.4. The summed E-state index contributed by atoms with van der Waals surface area (Å²) in [5.74, 6) is -0.426. The topological polar surface area (TPSA) is 75.3 Å². The summed E-state index contributed by atoms with van der Waals surface area (Å²) < 4.78 is 25.7. The third kappa shape index (κ3) is 4.72. The Bertz CT molecular complexity index is 807. The molecule has 0 aliphatic rings. The van der Waals surface area contributed by atoms with Crippen LogP contribution in [0.5, 0.6) is 0 Å². The number of benzene rings is 2. The van der Waals surface area contributed by atoms with Gasteiger partial charge >= 0.3 is 0 Å². The molecule has 2 aromatic carbocycles. The maximum atomic E-state index is 12.3. The van der Waals surface area contributed by atoms with Gasteiger partial charge in [-0.1, -0.05) is 27.5 Å². The number of rotatable bonds is 4. The summed E-state index contributed by atoms with van der Waals surface area (Å²) in [5, 5.41) is 2.93. The van der Waals surface area contributed by atoms with Gasteiger partial charge in [0.2, 0.25) is 10.0 Å². The van der Waals surface area contributed by atoms with Crippen molar-refractivity contribution < 1.29 is 13.2 Å². The van der Waals surface area contributed by atoms with E-state index in [9.17, 15) is 13.2 Å². The molecule has 116 valence electrons. The van der Waals surface area contributed by atoms with Gasteiger partial charge < -0.3 is 5.32 Å². The number of nitrogens with one attached hydrogen (secondary N) is 2. The molecule has 22 heavy (non-hydrogen) atoms. The molecule has 0 aliphatic heterocycles. The first kappa shape index (κ1) is 16.8. The summed E-state index contributed by atoms with van der Waals surface area (Å²) in [6, 6.07) is 11.4. The first-order valence-corrected chi connectivity index (χ1v) is 9.15. The lowest BCUT2D eigenvalue weighted by Crippen LogP contribution is -2.14. The van der Waals surface area contributed by atoms with Gasteiger partial charge in [0.1, 0.15) is 0 Å². The molecule has 0 radical (unpaired) electrons. The molecule has 2 aromatic rings. The number of hydrogen-bond donors (Lipinski definition) is 2. The number of halogens is 2. The molecule has 0 saturated carbocycles. The van der Waals surface area contributed by atoms with Crippen molar-refractivity contribution in [1.29, 1.82) is 0 Å². The Kier molecular flexibility index (Phi) is 5.10. The molecule has 0 atom stereocenters. The van der Waals surface area contributed by atoms with Gasteiger partial charge in [0.05, 0.1) is 16.8 Å². The lowest BCUT2D eigenvalue weighted by molar-refractivity contribution is 0.102. The third-order valence-corrected chi connectivity index (χ3v) is 4.08. The number of carbonyl (C=O) groups is 1. The summed E-state index contributed by atoms with van der Waals surface area (Å²) in [6.45, 7) is 0. The molecule has 0 heterocycles. The van der Waals surface area contributed by atoms with E-state index in [1.54, 1.807) is 24.3 Å². The first-order valence-electron chi connectivity index (χ1n) is 6.09. The minimum absolute atomic E-state index is 0.179. The molecule has 0 unspecified atom stereocenters. The van der Waals surface area contributed by atoms with Crippen LogP contribution in [0.1, 0.15) is 10.4 Å². The number of amides is 1. The van der Waals surface area contributed by atoms with E-state index >= 15 is 0 Å². The Hall–Kier alpha value is -1.57. The quantitative estimate of drug-likeness (QED) is 0.817. The van der Waals surface area contributed by atoms with Crippen molar-refractivity contribution >= 4 is 54.8 Å². The van der Waals surface area contributed by atoms with Crippen molar-refractivity contribution in [3.63, 3.8) is 0 Å². The van der Waals surface area contributed by atoms with Crippen molar-refractivity contribution in [3.05, 3.63) is 57.5 Å². The maximum absolute atomic E-state index is 12.3. The summed E-state index contributed by atoms with van der Waals surface area (Å²) in [5.41, 5.74) is 1.05. The fraction of sp³-hybridized carbons (Fsp3) is 0.0714. The molecule has 2 rings (SSSR count). The minimum atomic E-state index is -3.43. The molecule has 0 bridgehead atoms. The second kappa shape index (κ2) is 6.68. The van der Waals surface area contributed by atoms with Crippen molar-refractivity contribution in [2.75, 3.05) is 16.3 Å². The van der Waals surface area contributed by atoms with Crippen LogP contribution in [0, 0.1) is 0 Å². The molecule has 8 heteroatoms. The highest BCUT2D eigenvalue weighted by molar-refractivity contribution is 9.10. The standard InChI is InChI=1S/C14H12BrClN2O3S/c1-22(20,21)18-11-6-7-13(16)12(8-11)14(19)17-10-4-2-9(15)3-5-10/h2-8,18H,1H3,(H,17,19). The van der Waals surface area contributed by atoms with Crippen LogP contribution in [0.25, 0.3) is 0 Å². The van der Waals surface area contributed by atoms with Crippen LogP contribution < -0.4 is 10.0 Å².